The molecule has 1 aromatic heterocycles. The van der Waals surface area contributed by atoms with E-state index in [2.05, 4.69) is 4.98 Å². The lowest BCUT2D eigenvalue weighted by Crippen LogP contribution is -2.38. The zero-order valence-electron chi connectivity index (χ0n) is 17.0. The van der Waals surface area contributed by atoms with E-state index in [0.717, 1.165) is 0 Å². The van der Waals surface area contributed by atoms with Crippen LogP contribution in [0.4, 0.5) is 0 Å². The van der Waals surface area contributed by atoms with E-state index in [1.165, 1.54) is 21.0 Å². The summed E-state index contributed by atoms with van der Waals surface area (Å²) in [6.07, 6.45) is 0.604. The Bertz CT molecular complexity index is 1220. The average molecular weight is 468 g/mol. The first-order chi connectivity index (χ1) is 14.2. The van der Waals surface area contributed by atoms with Crippen molar-refractivity contribution in [3.05, 3.63) is 68.7 Å². The molecule has 0 N–H and O–H groups in total. The molecule has 0 fully saturated rings. The van der Waals surface area contributed by atoms with E-state index in [9.17, 15) is 13.2 Å². The summed E-state index contributed by atoms with van der Waals surface area (Å²) in [5.74, 6) is 0.378. The standard InChI is InChI=1S/C21H23Cl2N3O3S/c1-4-12-26(30(28,29)17-9-6-15(22)7-10-17)14(3)20-24-19-13-16(23)8-11-18(19)21(27)25(20)5-2/h6-11,13-14H,4-5,12H2,1-3H3. The molecule has 3 rings (SSSR count). The molecule has 0 saturated carbocycles. The molecule has 160 valence electrons. The molecular weight excluding hydrogens is 445 g/mol. The van der Waals surface area contributed by atoms with E-state index in [4.69, 9.17) is 23.2 Å². The zero-order valence-corrected chi connectivity index (χ0v) is 19.3. The Morgan fingerprint density at radius 1 is 1.07 bits per heavy atom. The van der Waals surface area contributed by atoms with Gasteiger partial charge in [-0.2, -0.15) is 4.31 Å². The second-order valence-corrected chi connectivity index (χ2v) is 9.69. The molecule has 3 aromatic rings. The zero-order chi connectivity index (χ0) is 22.1. The first-order valence-electron chi connectivity index (χ1n) is 9.68. The highest BCUT2D eigenvalue weighted by molar-refractivity contribution is 7.89. The summed E-state index contributed by atoms with van der Waals surface area (Å²) in [4.78, 5) is 17.8. The number of fused-ring (bicyclic) bond motifs is 1. The average Bonchev–Trinajstić information content (AvgIpc) is 2.71. The Labute approximate surface area is 186 Å². The van der Waals surface area contributed by atoms with Crippen molar-refractivity contribution >= 4 is 44.1 Å². The summed E-state index contributed by atoms with van der Waals surface area (Å²) in [7, 11) is -3.83. The smallest absolute Gasteiger partial charge is 0.261 e. The summed E-state index contributed by atoms with van der Waals surface area (Å²) in [5.41, 5.74) is 0.223. The second kappa shape index (κ2) is 9.06. The maximum absolute atomic E-state index is 13.4. The highest BCUT2D eigenvalue weighted by atomic mass is 35.5. The van der Waals surface area contributed by atoms with Gasteiger partial charge in [0.15, 0.2) is 0 Å². The molecule has 0 aliphatic carbocycles. The highest BCUT2D eigenvalue weighted by Gasteiger charge is 2.32. The van der Waals surface area contributed by atoms with Crippen LogP contribution in [0, 0.1) is 0 Å². The van der Waals surface area contributed by atoms with Crippen LogP contribution in [0.3, 0.4) is 0 Å². The minimum Gasteiger partial charge on any atom is -0.295 e. The van der Waals surface area contributed by atoms with Crippen LogP contribution in [-0.2, 0) is 16.6 Å². The number of rotatable bonds is 7. The van der Waals surface area contributed by atoms with Gasteiger partial charge in [-0.05, 0) is 62.7 Å². The van der Waals surface area contributed by atoms with E-state index in [-0.39, 0.29) is 17.0 Å². The van der Waals surface area contributed by atoms with Crippen LogP contribution < -0.4 is 5.56 Å². The molecule has 1 atom stereocenters. The Hall–Kier alpha value is -1.93. The van der Waals surface area contributed by atoms with Crippen LogP contribution in [0.1, 0.15) is 39.1 Å². The number of hydrogen-bond donors (Lipinski definition) is 0. The van der Waals surface area contributed by atoms with Crippen molar-refractivity contribution in [2.24, 2.45) is 0 Å². The fourth-order valence-corrected chi connectivity index (χ4v) is 5.43. The first-order valence-corrected chi connectivity index (χ1v) is 11.9. The number of hydrogen-bond acceptors (Lipinski definition) is 4. The summed E-state index contributed by atoms with van der Waals surface area (Å²) >= 11 is 12.0. The molecule has 1 unspecified atom stereocenters. The lowest BCUT2D eigenvalue weighted by atomic mass is 10.2. The third kappa shape index (κ3) is 4.25. The van der Waals surface area contributed by atoms with Crippen molar-refractivity contribution in [1.29, 1.82) is 0 Å². The minimum atomic E-state index is -3.83. The van der Waals surface area contributed by atoms with Crippen LogP contribution in [0.15, 0.2) is 52.2 Å². The number of nitrogens with zero attached hydrogens (tertiary/aromatic N) is 3. The SMILES string of the molecule is CCCN(C(C)c1nc2cc(Cl)ccc2c(=O)n1CC)S(=O)(=O)c1ccc(Cl)cc1. The van der Waals surface area contributed by atoms with E-state index in [1.54, 1.807) is 37.3 Å². The van der Waals surface area contributed by atoms with Gasteiger partial charge in [-0.25, -0.2) is 13.4 Å². The van der Waals surface area contributed by atoms with Crippen LogP contribution in [-0.4, -0.2) is 28.8 Å². The number of halogens is 2. The van der Waals surface area contributed by atoms with Crippen LogP contribution in [0.25, 0.3) is 10.9 Å². The fourth-order valence-electron chi connectivity index (χ4n) is 3.45. The maximum atomic E-state index is 13.4. The van der Waals surface area contributed by atoms with Gasteiger partial charge in [0.05, 0.1) is 21.8 Å². The quantitative estimate of drug-likeness (QED) is 0.495. The summed E-state index contributed by atoms with van der Waals surface area (Å²) < 4.78 is 29.7. The summed E-state index contributed by atoms with van der Waals surface area (Å²) in [6.45, 7) is 6.12. The van der Waals surface area contributed by atoms with E-state index < -0.39 is 16.1 Å². The summed E-state index contributed by atoms with van der Waals surface area (Å²) in [5, 5.41) is 1.36. The van der Waals surface area contributed by atoms with Crippen molar-refractivity contribution in [2.45, 2.75) is 44.7 Å². The third-order valence-corrected chi connectivity index (χ3v) is 7.40. The van der Waals surface area contributed by atoms with Gasteiger partial charge in [-0.15, -0.1) is 0 Å². The van der Waals surface area contributed by atoms with E-state index in [1.807, 2.05) is 13.8 Å². The lowest BCUT2D eigenvalue weighted by Gasteiger charge is -2.29. The Morgan fingerprint density at radius 2 is 1.70 bits per heavy atom. The molecule has 1 heterocycles. The normalized spacial score (nSPS) is 13.1. The first kappa shape index (κ1) is 22.7. The van der Waals surface area contributed by atoms with Gasteiger partial charge in [0.25, 0.3) is 5.56 Å². The van der Waals surface area contributed by atoms with Crippen molar-refractivity contribution in [3.8, 4) is 0 Å². The fraction of sp³-hybridized carbons (Fsp3) is 0.333. The van der Waals surface area contributed by atoms with Crippen LogP contribution in [0.2, 0.25) is 10.0 Å². The van der Waals surface area contributed by atoms with Crippen molar-refractivity contribution in [1.82, 2.24) is 13.9 Å². The van der Waals surface area contributed by atoms with E-state index in [0.29, 0.717) is 39.7 Å². The molecular formula is C21H23Cl2N3O3S. The van der Waals surface area contributed by atoms with Crippen LogP contribution >= 0.6 is 23.2 Å². The molecule has 9 heteroatoms. The predicted octanol–water partition coefficient (Wildman–Crippen LogP) is 4.89. The predicted molar refractivity (Wildman–Crippen MR) is 121 cm³/mol. The Balaban J connectivity index is 2.18. The maximum Gasteiger partial charge on any atom is 0.261 e. The largest absolute Gasteiger partial charge is 0.295 e. The number of benzene rings is 2. The number of sulfonamides is 1. The van der Waals surface area contributed by atoms with Gasteiger partial charge in [0.2, 0.25) is 10.0 Å². The molecule has 0 aliphatic rings. The second-order valence-electron chi connectivity index (χ2n) is 6.93. The highest BCUT2D eigenvalue weighted by Crippen LogP contribution is 2.28. The van der Waals surface area contributed by atoms with Crippen molar-refractivity contribution in [3.63, 3.8) is 0 Å². The van der Waals surface area contributed by atoms with Gasteiger partial charge < -0.3 is 0 Å². The van der Waals surface area contributed by atoms with Crippen molar-refractivity contribution in [2.75, 3.05) is 6.54 Å². The monoisotopic (exact) mass is 467 g/mol. The van der Waals surface area contributed by atoms with Gasteiger partial charge in [0.1, 0.15) is 5.82 Å². The molecule has 0 spiro atoms. The van der Waals surface area contributed by atoms with Crippen LogP contribution in [0.5, 0.6) is 0 Å². The summed E-state index contributed by atoms with van der Waals surface area (Å²) in [6, 6.07) is 10.3. The Kier molecular flexibility index (Phi) is 6.87. The minimum absolute atomic E-state index is 0.140. The topological polar surface area (TPSA) is 72.3 Å². The van der Waals surface area contributed by atoms with Crippen molar-refractivity contribution < 1.29 is 8.42 Å². The van der Waals surface area contributed by atoms with Gasteiger partial charge in [0, 0.05) is 23.1 Å². The van der Waals surface area contributed by atoms with Gasteiger partial charge >= 0.3 is 0 Å². The molecule has 2 aromatic carbocycles. The Morgan fingerprint density at radius 3 is 2.30 bits per heavy atom. The van der Waals surface area contributed by atoms with Gasteiger partial charge in [-0.1, -0.05) is 30.1 Å². The molecule has 0 aliphatic heterocycles. The van der Waals surface area contributed by atoms with E-state index >= 15 is 0 Å². The molecule has 0 radical (unpaired) electrons. The lowest BCUT2D eigenvalue weighted by molar-refractivity contribution is 0.321. The molecule has 0 amide bonds. The molecule has 30 heavy (non-hydrogen) atoms. The molecule has 6 nitrogen and oxygen atoms in total. The molecule has 0 saturated heterocycles. The molecule has 0 bridgehead atoms. The van der Waals surface area contributed by atoms with Gasteiger partial charge in [-0.3, -0.25) is 9.36 Å². The number of aromatic nitrogens is 2. The third-order valence-electron chi connectivity index (χ3n) is 4.93.